The SMILES string of the molecule is CC(=O)CCC[N+](=O)[O-].CCC. The van der Waals surface area contributed by atoms with Crippen molar-refractivity contribution in [2.24, 2.45) is 0 Å². The van der Waals surface area contributed by atoms with Gasteiger partial charge in [0.25, 0.3) is 0 Å². The number of carbonyl (C=O) groups excluding carboxylic acids is 1. The van der Waals surface area contributed by atoms with Gasteiger partial charge in [0.1, 0.15) is 5.78 Å². The van der Waals surface area contributed by atoms with Crippen molar-refractivity contribution in [3.8, 4) is 0 Å². The molecule has 0 spiro atoms. The summed E-state index contributed by atoms with van der Waals surface area (Å²) in [4.78, 5) is 19.5. The smallest absolute Gasteiger partial charge is 0.204 e. The third-order valence-electron chi connectivity index (χ3n) is 0.870. The molecule has 0 rings (SSSR count). The molecule has 0 N–H and O–H groups in total. The largest absolute Gasteiger partial charge is 0.300 e. The number of carbonyl (C=O) groups is 1. The van der Waals surface area contributed by atoms with Crippen molar-refractivity contribution in [3.63, 3.8) is 0 Å². The fourth-order valence-electron chi connectivity index (χ4n) is 0.457. The normalized spacial score (nSPS) is 8.25. The standard InChI is InChI=1S/C5H9NO3.C3H8/c1-5(7)3-2-4-6(8)9;1-3-2/h2-4H2,1H3;3H2,1-2H3. The zero-order chi connectivity index (χ0) is 9.98. The summed E-state index contributed by atoms with van der Waals surface area (Å²) in [6.07, 6.45) is 1.93. The lowest BCUT2D eigenvalue weighted by molar-refractivity contribution is -0.480. The van der Waals surface area contributed by atoms with Crippen LogP contribution in [0.15, 0.2) is 0 Å². The second-order valence-corrected chi connectivity index (χ2v) is 2.57. The number of ketones is 1. The maximum Gasteiger partial charge on any atom is 0.204 e. The van der Waals surface area contributed by atoms with Crippen molar-refractivity contribution in [1.82, 2.24) is 0 Å². The summed E-state index contributed by atoms with van der Waals surface area (Å²) in [6.45, 7) is 5.58. The zero-order valence-corrected chi connectivity index (χ0v) is 8.00. The number of nitro groups is 1. The minimum absolute atomic E-state index is 0.0110. The lowest BCUT2D eigenvalue weighted by atomic mass is 10.2. The number of hydrogen-bond donors (Lipinski definition) is 0. The average molecular weight is 175 g/mol. The maximum atomic E-state index is 10.2. The topological polar surface area (TPSA) is 60.2 Å². The molecule has 0 aliphatic rings. The summed E-state index contributed by atoms with van der Waals surface area (Å²) in [5.74, 6) is 0.0110. The van der Waals surface area contributed by atoms with E-state index in [1.807, 2.05) is 0 Å². The molecule has 0 aliphatic heterocycles. The molecule has 0 bridgehead atoms. The first-order valence-corrected chi connectivity index (χ1v) is 4.15. The summed E-state index contributed by atoms with van der Waals surface area (Å²) in [5, 5.41) is 9.68. The van der Waals surface area contributed by atoms with E-state index < -0.39 is 4.92 Å². The van der Waals surface area contributed by atoms with Crippen LogP contribution in [0, 0.1) is 10.1 Å². The molecule has 0 saturated heterocycles. The van der Waals surface area contributed by atoms with Crippen molar-refractivity contribution in [1.29, 1.82) is 0 Å². The number of nitrogens with zero attached hydrogens (tertiary/aromatic N) is 1. The molecule has 72 valence electrons. The van der Waals surface area contributed by atoms with E-state index in [2.05, 4.69) is 13.8 Å². The highest BCUT2D eigenvalue weighted by molar-refractivity contribution is 5.75. The average Bonchev–Trinajstić information content (AvgIpc) is 1.87. The monoisotopic (exact) mass is 175 g/mol. The predicted molar refractivity (Wildman–Crippen MR) is 47.7 cm³/mol. The summed E-state index contributed by atoms with van der Waals surface area (Å²) in [6, 6.07) is 0. The first-order chi connectivity index (χ1) is 5.54. The van der Waals surface area contributed by atoms with Crippen LogP contribution in [0.4, 0.5) is 0 Å². The Balaban J connectivity index is 0. The summed E-state index contributed by atoms with van der Waals surface area (Å²) in [7, 11) is 0. The zero-order valence-electron chi connectivity index (χ0n) is 8.00. The molecule has 0 fully saturated rings. The Morgan fingerprint density at radius 3 is 2.08 bits per heavy atom. The Morgan fingerprint density at radius 2 is 1.83 bits per heavy atom. The van der Waals surface area contributed by atoms with Crippen LogP contribution in [0.2, 0.25) is 0 Å². The molecule has 4 nitrogen and oxygen atoms in total. The van der Waals surface area contributed by atoms with Gasteiger partial charge >= 0.3 is 0 Å². The van der Waals surface area contributed by atoms with Crippen LogP contribution in [0.5, 0.6) is 0 Å². The molecule has 0 aromatic rings. The van der Waals surface area contributed by atoms with Gasteiger partial charge in [-0.25, -0.2) is 0 Å². The minimum Gasteiger partial charge on any atom is -0.300 e. The van der Waals surface area contributed by atoms with Gasteiger partial charge in [-0.3, -0.25) is 10.1 Å². The number of rotatable bonds is 4. The Kier molecular flexibility index (Phi) is 11.5. The van der Waals surface area contributed by atoms with E-state index in [9.17, 15) is 14.9 Å². The first-order valence-electron chi connectivity index (χ1n) is 4.15. The van der Waals surface area contributed by atoms with E-state index in [-0.39, 0.29) is 12.3 Å². The molecule has 0 radical (unpaired) electrons. The first kappa shape index (κ1) is 13.6. The van der Waals surface area contributed by atoms with Crippen molar-refractivity contribution < 1.29 is 9.72 Å². The molecule has 0 amide bonds. The fraction of sp³-hybridized carbons (Fsp3) is 0.875. The van der Waals surface area contributed by atoms with Crippen LogP contribution >= 0.6 is 0 Å². The van der Waals surface area contributed by atoms with Gasteiger partial charge in [0.15, 0.2) is 0 Å². The van der Waals surface area contributed by atoms with Gasteiger partial charge in [-0.15, -0.1) is 0 Å². The Morgan fingerprint density at radius 1 is 1.42 bits per heavy atom. The van der Waals surface area contributed by atoms with Crippen LogP contribution in [-0.4, -0.2) is 17.3 Å². The van der Waals surface area contributed by atoms with Gasteiger partial charge in [-0.05, 0) is 6.92 Å². The van der Waals surface area contributed by atoms with Gasteiger partial charge in [0, 0.05) is 17.8 Å². The van der Waals surface area contributed by atoms with Gasteiger partial charge in [0.2, 0.25) is 6.54 Å². The number of Topliss-reactive ketones (excluding diaryl/α,β-unsaturated/α-hetero) is 1. The highest BCUT2D eigenvalue weighted by Gasteiger charge is 1.98. The minimum atomic E-state index is -0.414. The fourth-order valence-corrected chi connectivity index (χ4v) is 0.457. The summed E-state index contributed by atoms with van der Waals surface area (Å²) >= 11 is 0. The molecule has 0 aliphatic carbocycles. The van der Waals surface area contributed by atoms with Crippen molar-refractivity contribution >= 4 is 5.78 Å². The van der Waals surface area contributed by atoms with Crippen LogP contribution in [0.1, 0.15) is 40.0 Å². The van der Waals surface area contributed by atoms with E-state index in [1.165, 1.54) is 13.3 Å². The molecule has 0 aromatic carbocycles. The highest BCUT2D eigenvalue weighted by Crippen LogP contribution is 1.89. The summed E-state index contributed by atoms with van der Waals surface area (Å²) in [5.41, 5.74) is 0. The number of hydrogen-bond acceptors (Lipinski definition) is 3. The maximum absolute atomic E-state index is 10.2. The van der Waals surface area contributed by atoms with Crippen LogP contribution < -0.4 is 0 Å². The Bertz CT molecular complexity index is 120. The van der Waals surface area contributed by atoms with Gasteiger partial charge in [-0.1, -0.05) is 20.3 Å². The lowest BCUT2D eigenvalue weighted by Crippen LogP contribution is -2.02. The van der Waals surface area contributed by atoms with E-state index in [0.29, 0.717) is 12.8 Å². The quantitative estimate of drug-likeness (QED) is 0.485. The van der Waals surface area contributed by atoms with Gasteiger partial charge < -0.3 is 4.79 Å². The second-order valence-electron chi connectivity index (χ2n) is 2.57. The van der Waals surface area contributed by atoms with Gasteiger partial charge in [0.05, 0.1) is 0 Å². The van der Waals surface area contributed by atoms with Crippen molar-refractivity contribution in [2.75, 3.05) is 6.54 Å². The molecule has 0 aromatic heterocycles. The molecule has 0 saturated carbocycles. The molecule has 0 unspecified atom stereocenters. The van der Waals surface area contributed by atoms with Crippen molar-refractivity contribution in [2.45, 2.75) is 40.0 Å². The lowest BCUT2D eigenvalue weighted by Gasteiger charge is -1.88. The van der Waals surface area contributed by atoms with E-state index in [4.69, 9.17) is 0 Å². The molecule has 4 heteroatoms. The summed E-state index contributed by atoms with van der Waals surface area (Å²) < 4.78 is 0. The molecule has 0 heterocycles. The van der Waals surface area contributed by atoms with Gasteiger partial charge in [-0.2, -0.15) is 0 Å². The molecular weight excluding hydrogens is 158 g/mol. The van der Waals surface area contributed by atoms with E-state index in [0.717, 1.165) is 0 Å². The van der Waals surface area contributed by atoms with Crippen molar-refractivity contribution in [3.05, 3.63) is 10.1 Å². The third kappa shape index (κ3) is 23.0. The van der Waals surface area contributed by atoms with Crippen LogP contribution in [0.3, 0.4) is 0 Å². The predicted octanol–water partition coefficient (Wildman–Crippen LogP) is 2.05. The van der Waals surface area contributed by atoms with Crippen LogP contribution in [0.25, 0.3) is 0 Å². The molecule has 12 heavy (non-hydrogen) atoms. The van der Waals surface area contributed by atoms with E-state index >= 15 is 0 Å². The van der Waals surface area contributed by atoms with E-state index in [1.54, 1.807) is 0 Å². The molecular formula is C8H17NO3. The second kappa shape index (κ2) is 10.1. The highest BCUT2D eigenvalue weighted by atomic mass is 16.6. The van der Waals surface area contributed by atoms with Crippen LogP contribution in [-0.2, 0) is 4.79 Å². The Hall–Kier alpha value is -0.930. The third-order valence-corrected chi connectivity index (χ3v) is 0.870. The Labute approximate surface area is 73.1 Å². The molecule has 0 atom stereocenters.